The number of benzene rings is 1. The monoisotopic (exact) mass is 187 g/mol. The van der Waals surface area contributed by atoms with E-state index in [9.17, 15) is 0 Å². The average Bonchev–Trinajstić information content (AvgIpc) is 2.18. The molecule has 1 aromatic carbocycles. The molecule has 0 bridgehead atoms. The molecule has 0 spiro atoms. The van der Waals surface area contributed by atoms with E-state index in [0.717, 1.165) is 11.2 Å². The fraction of sp³-hybridized carbons (Fsp3) is 0.0909. The molecule has 0 radical (unpaired) electrons. The minimum Gasteiger partial charge on any atom is -0.248 e. The molecule has 0 unspecified atom stereocenters. The van der Waals surface area contributed by atoms with Crippen LogP contribution in [0.4, 0.5) is 0 Å². The molecule has 0 atom stereocenters. The van der Waals surface area contributed by atoms with Gasteiger partial charge in [-0.25, -0.2) is 4.98 Å². The minimum absolute atomic E-state index is 0.867. The average molecular weight is 187 g/mol. The lowest BCUT2D eigenvalue weighted by Gasteiger charge is -2.01. The fourth-order valence-electron chi connectivity index (χ4n) is 1.44. The molecule has 0 aliphatic rings. The van der Waals surface area contributed by atoms with E-state index in [1.165, 1.54) is 10.9 Å². The SMILES string of the molecule is Cc1cc(C=S)nc2ccccc12. The van der Waals surface area contributed by atoms with Gasteiger partial charge in [-0.15, -0.1) is 0 Å². The molecule has 0 aliphatic heterocycles. The van der Waals surface area contributed by atoms with E-state index >= 15 is 0 Å². The lowest BCUT2D eigenvalue weighted by Crippen LogP contribution is -1.89. The summed E-state index contributed by atoms with van der Waals surface area (Å²) in [4.78, 5) is 4.39. The van der Waals surface area contributed by atoms with Gasteiger partial charge in [0, 0.05) is 10.8 Å². The van der Waals surface area contributed by atoms with Gasteiger partial charge < -0.3 is 0 Å². The van der Waals surface area contributed by atoms with Crippen LogP contribution in [-0.4, -0.2) is 10.4 Å². The number of rotatable bonds is 1. The number of pyridine rings is 1. The maximum atomic E-state index is 4.85. The second kappa shape index (κ2) is 3.23. The van der Waals surface area contributed by atoms with E-state index in [4.69, 9.17) is 12.2 Å². The van der Waals surface area contributed by atoms with Crippen LogP contribution in [0, 0.1) is 6.92 Å². The summed E-state index contributed by atoms with van der Waals surface area (Å²) < 4.78 is 0. The molecular formula is C11H9NS. The lowest BCUT2D eigenvalue weighted by atomic mass is 10.1. The van der Waals surface area contributed by atoms with Crippen LogP contribution in [0.25, 0.3) is 10.9 Å². The number of hydrogen-bond donors (Lipinski definition) is 0. The van der Waals surface area contributed by atoms with Crippen molar-refractivity contribution in [2.75, 3.05) is 0 Å². The van der Waals surface area contributed by atoms with Crippen molar-refractivity contribution in [2.45, 2.75) is 6.92 Å². The highest BCUT2D eigenvalue weighted by atomic mass is 32.1. The first-order valence-corrected chi connectivity index (χ1v) is 4.60. The molecule has 13 heavy (non-hydrogen) atoms. The summed E-state index contributed by atoms with van der Waals surface area (Å²) in [7, 11) is 0. The molecule has 64 valence electrons. The predicted molar refractivity (Wildman–Crippen MR) is 59.2 cm³/mol. The highest BCUT2D eigenvalue weighted by molar-refractivity contribution is 7.79. The molecule has 2 aromatic rings. The molecule has 0 amide bonds. The summed E-state index contributed by atoms with van der Waals surface area (Å²) >= 11 is 4.85. The first kappa shape index (κ1) is 8.32. The van der Waals surface area contributed by atoms with Gasteiger partial charge in [0.1, 0.15) is 0 Å². The van der Waals surface area contributed by atoms with Crippen LogP contribution in [0.1, 0.15) is 11.3 Å². The van der Waals surface area contributed by atoms with Crippen LogP contribution in [0.2, 0.25) is 0 Å². The van der Waals surface area contributed by atoms with Crippen molar-refractivity contribution in [1.29, 1.82) is 0 Å². The second-order valence-electron chi connectivity index (χ2n) is 3.00. The number of para-hydroxylation sites is 1. The Kier molecular flexibility index (Phi) is 2.07. The molecular weight excluding hydrogens is 178 g/mol. The van der Waals surface area contributed by atoms with Crippen molar-refractivity contribution in [3.05, 3.63) is 41.6 Å². The Hall–Kier alpha value is -1.28. The number of thiocarbonyl (C=S) groups is 1. The van der Waals surface area contributed by atoms with Crippen molar-refractivity contribution >= 4 is 28.5 Å². The maximum absolute atomic E-state index is 4.85. The van der Waals surface area contributed by atoms with E-state index in [1.807, 2.05) is 24.3 Å². The number of hydrogen-bond acceptors (Lipinski definition) is 2. The largest absolute Gasteiger partial charge is 0.248 e. The number of aryl methyl sites for hydroxylation is 1. The highest BCUT2D eigenvalue weighted by Gasteiger charge is 1.98. The van der Waals surface area contributed by atoms with Gasteiger partial charge in [0.05, 0.1) is 11.2 Å². The maximum Gasteiger partial charge on any atom is 0.0747 e. The number of aromatic nitrogens is 1. The molecule has 1 nitrogen and oxygen atoms in total. The topological polar surface area (TPSA) is 12.9 Å². The summed E-state index contributed by atoms with van der Waals surface area (Å²) in [6, 6.07) is 10.1. The zero-order valence-corrected chi connectivity index (χ0v) is 8.14. The Bertz CT molecular complexity index is 463. The molecule has 0 fully saturated rings. The quantitative estimate of drug-likeness (QED) is 0.637. The third-order valence-corrected chi connectivity index (χ3v) is 2.31. The van der Waals surface area contributed by atoms with Gasteiger partial charge >= 0.3 is 0 Å². The van der Waals surface area contributed by atoms with Crippen LogP contribution in [-0.2, 0) is 0 Å². The molecule has 2 rings (SSSR count). The third-order valence-electron chi connectivity index (χ3n) is 2.06. The highest BCUT2D eigenvalue weighted by Crippen LogP contribution is 2.16. The molecule has 1 aromatic heterocycles. The molecule has 2 heteroatoms. The summed E-state index contributed by atoms with van der Waals surface area (Å²) in [6.07, 6.45) is 0. The Labute approximate surface area is 82.4 Å². The smallest absolute Gasteiger partial charge is 0.0747 e. The van der Waals surface area contributed by atoms with Crippen LogP contribution in [0.3, 0.4) is 0 Å². The first-order chi connectivity index (χ1) is 6.31. The van der Waals surface area contributed by atoms with Crippen LogP contribution < -0.4 is 0 Å². The Morgan fingerprint density at radius 3 is 2.85 bits per heavy atom. The van der Waals surface area contributed by atoms with Crippen molar-refractivity contribution in [3.8, 4) is 0 Å². The molecule has 1 heterocycles. The van der Waals surface area contributed by atoms with E-state index in [0.29, 0.717) is 0 Å². The number of fused-ring (bicyclic) bond motifs is 1. The third kappa shape index (κ3) is 1.45. The molecule has 0 N–H and O–H groups in total. The van der Waals surface area contributed by atoms with Crippen LogP contribution in [0.5, 0.6) is 0 Å². The van der Waals surface area contributed by atoms with Crippen LogP contribution >= 0.6 is 12.2 Å². The van der Waals surface area contributed by atoms with Crippen molar-refractivity contribution < 1.29 is 0 Å². The summed E-state index contributed by atoms with van der Waals surface area (Å²) in [5.74, 6) is 0. The Balaban J connectivity index is 2.84. The summed E-state index contributed by atoms with van der Waals surface area (Å²) in [6.45, 7) is 2.08. The normalized spacial score (nSPS) is 10.2. The summed E-state index contributed by atoms with van der Waals surface area (Å²) in [5.41, 5.74) is 3.10. The van der Waals surface area contributed by atoms with Gasteiger partial charge in [-0.3, -0.25) is 0 Å². The zero-order chi connectivity index (χ0) is 9.26. The minimum atomic E-state index is 0.867. The van der Waals surface area contributed by atoms with Crippen molar-refractivity contribution in [2.24, 2.45) is 0 Å². The second-order valence-corrected chi connectivity index (χ2v) is 3.23. The van der Waals surface area contributed by atoms with E-state index in [-0.39, 0.29) is 0 Å². The standard InChI is InChI=1S/C11H9NS/c1-8-6-9(7-13)12-11-5-3-2-4-10(8)11/h2-7H,1H3. The molecule has 0 aliphatic carbocycles. The zero-order valence-electron chi connectivity index (χ0n) is 7.32. The fourth-order valence-corrected chi connectivity index (χ4v) is 1.56. The Morgan fingerprint density at radius 1 is 1.31 bits per heavy atom. The summed E-state index contributed by atoms with van der Waals surface area (Å²) in [5, 5.41) is 2.81. The van der Waals surface area contributed by atoms with E-state index in [1.54, 1.807) is 5.37 Å². The lowest BCUT2D eigenvalue weighted by molar-refractivity contribution is 1.35. The van der Waals surface area contributed by atoms with Gasteiger partial charge in [0.15, 0.2) is 0 Å². The van der Waals surface area contributed by atoms with E-state index in [2.05, 4.69) is 18.0 Å². The van der Waals surface area contributed by atoms with Crippen molar-refractivity contribution in [1.82, 2.24) is 4.98 Å². The van der Waals surface area contributed by atoms with Gasteiger partial charge in [-0.2, -0.15) is 0 Å². The Morgan fingerprint density at radius 2 is 2.08 bits per heavy atom. The van der Waals surface area contributed by atoms with Crippen LogP contribution in [0.15, 0.2) is 30.3 Å². The van der Waals surface area contributed by atoms with Gasteiger partial charge in [-0.1, -0.05) is 30.4 Å². The van der Waals surface area contributed by atoms with Gasteiger partial charge in [0.2, 0.25) is 0 Å². The van der Waals surface area contributed by atoms with Gasteiger partial charge in [-0.05, 0) is 24.6 Å². The van der Waals surface area contributed by atoms with E-state index < -0.39 is 0 Å². The molecule has 0 saturated carbocycles. The van der Waals surface area contributed by atoms with Gasteiger partial charge in [0.25, 0.3) is 0 Å². The predicted octanol–water partition coefficient (Wildman–Crippen LogP) is 2.89. The first-order valence-electron chi connectivity index (χ1n) is 4.13. The molecule has 0 saturated heterocycles. The number of nitrogens with zero attached hydrogens (tertiary/aromatic N) is 1. The van der Waals surface area contributed by atoms with Crippen molar-refractivity contribution in [3.63, 3.8) is 0 Å².